The van der Waals surface area contributed by atoms with Gasteiger partial charge in [-0.2, -0.15) is 13.2 Å². The van der Waals surface area contributed by atoms with E-state index in [1.54, 1.807) is 13.0 Å². The summed E-state index contributed by atoms with van der Waals surface area (Å²) in [5.41, 5.74) is 3.24. The molecular weight excluding hydrogens is 229 g/mol. The number of rotatable bonds is 4. The number of hydrogen-bond acceptors (Lipinski definition) is 2. The molecule has 0 saturated carbocycles. The Kier molecular flexibility index (Phi) is 4.31. The average Bonchev–Trinajstić information content (AvgIpc) is 2.24. The van der Waals surface area contributed by atoms with Crippen molar-refractivity contribution in [1.29, 1.82) is 0 Å². The number of alkyl halides is 3. The van der Waals surface area contributed by atoms with Gasteiger partial charge in [0.1, 0.15) is 0 Å². The smallest absolute Gasteiger partial charge is 0.271 e. The van der Waals surface area contributed by atoms with E-state index in [0.29, 0.717) is 12.0 Å². The highest BCUT2D eigenvalue weighted by atomic mass is 19.4. The highest BCUT2D eigenvalue weighted by Gasteiger charge is 2.30. The van der Waals surface area contributed by atoms with Crippen molar-refractivity contribution in [3.63, 3.8) is 0 Å². The second-order valence-electron chi connectivity index (χ2n) is 3.97. The highest BCUT2D eigenvalue weighted by molar-refractivity contribution is 5.27. The molecule has 17 heavy (non-hydrogen) atoms. The van der Waals surface area contributed by atoms with Gasteiger partial charge in [0.25, 0.3) is 0 Å². The van der Waals surface area contributed by atoms with E-state index >= 15 is 0 Å². The first-order chi connectivity index (χ1) is 7.84. The predicted octanol–water partition coefficient (Wildman–Crippen LogP) is 2.66. The lowest BCUT2D eigenvalue weighted by molar-refractivity contribution is -0.137. The third-order valence-corrected chi connectivity index (χ3v) is 2.49. The van der Waals surface area contributed by atoms with E-state index in [1.807, 2.05) is 0 Å². The second kappa shape index (κ2) is 5.33. The number of hydrogen-bond donors (Lipinski definition) is 2. The lowest BCUT2D eigenvalue weighted by Gasteiger charge is -2.16. The molecule has 1 atom stereocenters. The van der Waals surface area contributed by atoms with E-state index in [0.717, 1.165) is 17.7 Å². The number of halogens is 3. The fourth-order valence-corrected chi connectivity index (χ4v) is 1.49. The van der Waals surface area contributed by atoms with Gasteiger partial charge in [0.15, 0.2) is 0 Å². The molecule has 0 aliphatic carbocycles. The van der Waals surface area contributed by atoms with Crippen LogP contribution in [0.25, 0.3) is 0 Å². The van der Waals surface area contributed by atoms with E-state index in [2.05, 4.69) is 12.0 Å². The standard InChI is InChI=1S/C12H15F3N2/c1-8(2)11(17-16)7-9-4-3-5-10(6-9)12(13,14)15/h3-6,11,17H,1,7,16H2,2H3. The molecule has 0 amide bonds. The fourth-order valence-electron chi connectivity index (χ4n) is 1.49. The van der Waals surface area contributed by atoms with Crippen LogP contribution in [-0.2, 0) is 12.6 Å². The SMILES string of the molecule is C=C(C)C(Cc1cccc(C(F)(F)F)c1)NN. The minimum atomic E-state index is -4.31. The molecule has 0 radical (unpaired) electrons. The molecule has 0 saturated heterocycles. The monoisotopic (exact) mass is 244 g/mol. The minimum Gasteiger partial charge on any atom is -0.271 e. The summed E-state index contributed by atoms with van der Waals surface area (Å²) in [6.07, 6.45) is -3.93. The predicted molar refractivity (Wildman–Crippen MR) is 61.1 cm³/mol. The normalized spacial score (nSPS) is 13.5. The van der Waals surface area contributed by atoms with Gasteiger partial charge in [-0.1, -0.05) is 30.4 Å². The highest BCUT2D eigenvalue weighted by Crippen LogP contribution is 2.29. The van der Waals surface area contributed by atoms with E-state index < -0.39 is 11.7 Å². The van der Waals surface area contributed by atoms with Gasteiger partial charge >= 0.3 is 6.18 Å². The van der Waals surface area contributed by atoms with Crippen molar-refractivity contribution >= 4 is 0 Å². The fraction of sp³-hybridized carbons (Fsp3) is 0.333. The van der Waals surface area contributed by atoms with E-state index in [1.165, 1.54) is 6.07 Å². The summed E-state index contributed by atoms with van der Waals surface area (Å²) in [6.45, 7) is 5.50. The van der Waals surface area contributed by atoms with Gasteiger partial charge in [0.2, 0.25) is 0 Å². The molecule has 2 nitrogen and oxygen atoms in total. The van der Waals surface area contributed by atoms with Crippen molar-refractivity contribution in [2.75, 3.05) is 0 Å². The van der Waals surface area contributed by atoms with Crippen molar-refractivity contribution < 1.29 is 13.2 Å². The molecular formula is C12H15F3N2. The summed E-state index contributed by atoms with van der Waals surface area (Å²) in [5, 5.41) is 0. The second-order valence-corrected chi connectivity index (χ2v) is 3.97. The summed E-state index contributed by atoms with van der Waals surface area (Å²) in [5.74, 6) is 5.31. The molecule has 1 aromatic carbocycles. The van der Waals surface area contributed by atoms with Crippen molar-refractivity contribution in [2.24, 2.45) is 5.84 Å². The van der Waals surface area contributed by atoms with Gasteiger partial charge in [0.05, 0.1) is 5.56 Å². The lowest BCUT2D eigenvalue weighted by atomic mass is 10.00. The summed E-state index contributed by atoms with van der Waals surface area (Å²) < 4.78 is 37.5. The Hall–Kier alpha value is -1.33. The van der Waals surface area contributed by atoms with Gasteiger partial charge in [-0.25, -0.2) is 0 Å². The Balaban J connectivity index is 2.89. The average molecular weight is 244 g/mol. The molecule has 0 heterocycles. The zero-order valence-electron chi connectivity index (χ0n) is 9.51. The molecule has 0 aromatic heterocycles. The summed E-state index contributed by atoms with van der Waals surface area (Å²) >= 11 is 0. The number of hydrazine groups is 1. The van der Waals surface area contributed by atoms with Crippen molar-refractivity contribution in [3.05, 3.63) is 47.5 Å². The van der Waals surface area contributed by atoms with Crippen LogP contribution in [0.15, 0.2) is 36.4 Å². The van der Waals surface area contributed by atoms with Crippen LogP contribution in [0.3, 0.4) is 0 Å². The molecule has 5 heteroatoms. The van der Waals surface area contributed by atoms with Gasteiger partial charge in [-0.3, -0.25) is 11.3 Å². The van der Waals surface area contributed by atoms with Gasteiger partial charge in [-0.15, -0.1) is 0 Å². The van der Waals surface area contributed by atoms with Crippen LogP contribution in [0.5, 0.6) is 0 Å². The third kappa shape index (κ3) is 3.87. The molecule has 0 aliphatic rings. The van der Waals surface area contributed by atoms with Crippen molar-refractivity contribution in [1.82, 2.24) is 5.43 Å². The van der Waals surface area contributed by atoms with Crippen LogP contribution in [-0.4, -0.2) is 6.04 Å². The summed E-state index contributed by atoms with van der Waals surface area (Å²) in [4.78, 5) is 0. The Morgan fingerprint density at radius 1 is 1.47 bits per heavy atom. The van der Waals surface area contributed by atoms with Crippen LogP contribution in [0.4, 0.5) is 13.2 Å². The molecule has 1 unspecified atom stereocenters. The van der Waals surface area contributed by atoms with Gasteiger partial charge in [0, 0.05) is 6.04 Å². The van der Waals surface area contributed by atoms with Crippen LogP contribution >= 0.6 is 0 Å². The molecule has 3 N–H and O–H groups in total. The molecule has 1 aromatic rings. The van der Waals surface area contributed by atoms with Crippen LogP contribution in [0.2, 0.25) is 0 Å². The first-order valence-corrected chi connectivity index (χ1v) is 5.12. The molecule has 94 valence electrons. The first-order valence-electron chi connectivity index (χ1n) is 5.12. The zero-order valence-corrected chi connectivity index (χ0v) is 9.51. The number of nitrogens with one attached hydrogen (secondary N) is 1. The van der Waals surface area contributed by atoms with Crippen molar-refractivity contribution in [2.45, 2.75) is 25.6 Å². The van der Waals surface area contributed by atoms with Crippen molar-refractivity contribution in [3.8, 4) is 0 Å². The largest absolute Gasteiger partial charge is 0.416 e. The Labute approximate surface area is 98.3 Å². The zero-order chi connectivity index (χ0) is 13.1. The lowest BCUT2D eigenvalue weighted by Crippen LogP contribution is -2.37. The molecule has 0 fully saturated rings. The number of benzene rings is 1. The third-order valence-electron chi connectivity index (χ3n) is 2.49. The maximum absolute atomic E-state index is 12.5. The first kappa shape index (κ1) is 13.7. The topological polar surface area (TPSA) is 38.0 Å². The van der Waals surface area contributed by atoms with Crippen LogP contribution < -0.4 is 11.3 Å². The molecule has 1 rings (SSSR count). The van der Waals surface area contributed by atoms with Crippen LogP contribution in [0.1, 0.15) is 18.1 Å². The Bertz CT molecular complexity index is 399. The Morgan fingerprint density at radius 2 is 2.12 bits per heavy atom. The Morgan fingerprint density at radius 3 is 2.59 bits per heavy atom. The number of nitrogens with two attached hydrogens (primary N) is 1. The minimum absolute atomic E-state index is 0.224. The quantitative estimate of drug-likeness (QED) is 0.485. The maximum Gasteiger partial charge on any atom is 0.416 e. The molecule has 0 bridgehead atoms. The molecule has 0 aliphatic heterocycles. The van der Waals surface area contributed by atoms with Crippen LogP contribution in [0, 0.1) is 0 Å². The molecule has 0 spiro atoms. The maximum atomic E-state index is 12.5. The van der Waals surface area contributed by atoms with E-state index in [4.69, 9.17) is 5.84 Å². The van der Waals surface area contributed by atoms with Gasteiger partial charge < -0.3 is 0 Å². The van der Waals surface area contributed by atoms with E-state index in [9.17, 15) is 13.2 Å². The van der Waals surface area contributed by atoms with Gasteiger partial charge in [-0.05, 0) is 25.0 Å². The summed E-state index contributed by atoms with van der Waals surface area (Å²) in [6, 6.07) is 4.99. The van der Waals surface area contributed by atoms with E-state index in [-0.39, 0.29) is 6.04 Å². The summed E-state index contributed by atoms with van der Waals surface area (Å²) in [7, 11) is 0.